The summed E-state index contributed by atoms with van der Waals surface area (Å²) in [5.74, 6) is 0.476. The molecule has 2 rings (SSSR count). The Morgan fingerprint density at radius 2 is 1.18 bits per heavy atom. The fourth-order valence-electron chi connectivity index (χ4n) is 2.43. The predicted octanol–water partition coefficient (Wildman–Crippen LogP) is 3.64. The number of phenolic OH excluding ortho intramolecular Hbond substituents is 1. The van der Waals surface area contributed by atoms with E-state index in [1.165, 1.54) is 7.22 Å². The normalized spacial score (nSPS) is 12.5. The van der Waals surface area contributed by atoms with E-state index >= 15 is 0 Å². The molecule has 0 radical (unpaired) electrons. The summed E-state index contributed by atoms with van der Waals surface area (Å²) in [6.07, 6.45) is 0. The fourth-order valence-corrected chi connectivity index (χ4v) is 5.06. The number of rotatable bonds is 2. The van der Waals surface area contributed by atoms with Crippen molar-refractivity contribution in [3.05, 3.63) is 53.6 Å². The molecule has 118 valence electrons. The van der Waals surface area contributed by atoms with Gasteiger partial charge in [0, 0.05) is 0 Å². The van der Waals surface area contributed by atoms with Crippen LogP contribution in [-0.4, -0.2) is 26.0 Å². The average molecular weight is 410 g/mol. The summed E-state index contributed by atoms with van der Waals surface area (Å²) >= 11 is -0.429. The van der Waals surface area contributed by atoms with Gasteiger partial charge in [-0.1, -0.05) is 0 Å². The molecule has 2 heteroatoms. The number of benzene rings is 2. The maximum absolute atomic E-state index is 10.8. The SMILES string of the molecule is CC(C)(C)c1cc([Te]c2ccccc2)cc(C(C)(C)C)c1O. The van der Waals surface area contributed by atoms with Crippen LogP contribution in [0.4, 0.5) is 0 Å². The van der Waals surface area contributed by atoms with Crippen LogP contribution in [0.15, 0.2) is 42.5 Å². The molecule has 0 aliphatic rings. The Morgan fingerprint density at radius 3 is 1.59 bits per heavy atom. The zero-order valence-corrected chi connectivity index (χ0v) is 16.7. The van der Waals surface area contributed by atoms with Gasteiger partial charge in [-0.05, 0) is 0 Å². The van der Waals surface area contributed by atoms with Crippen molar-refractivity contribution in [3.63, 3.8) is 0 Å². The van der Waals surface area contributed by atoms with E-state index in [1.807, 2.05) is 0 Å². The van der Waals surface area contributed by atoms with E-state index in [0.717, 1.165) is 11.1 Å². The molecule has 0 aliphatic carbocycles. The van der Waals surface area contributed by atoms with Gasteiger partial charge in [0.1, 0.15) is 0 Å². The Labute approximate surface area is 144 Å². The monoisotopic (exact) mass is 412 g/mol. The Kier molecular flexibility index (Phi) is 4.95. The molecule has 2 aromatic carbocycles. The van der Waals surface area contributed by atoms with Crippen molar-refractivity contribution in [1.82, 2.24) is 0 Å². The Balaban J connectivity index is 2.56. The van der Waals surface area contributed by atoms with Crippen LogP contribution in [0.25, 0.3) is 0 Å². The van der Waals surface area contributed by atoms with Crippen molar-refractivity contribution in [2.75, 3.05) is 0 Å². The van der Waals surface area contributed by atoms with E-state index in [-0.39, 0.29) is 10.8 Å². The van der Waals surface area contributed by atoms with Crippen LogP contribution in [0.1, 0.15) is 52.7 Å². The zero-order chi connectivity index (χ0) is 16.5. The zero-order valence-electron chi connectivity index (χ0n) is 14.4. The van der Waals surface area contributed by atoms with Crippen LogP contribution >= 0.6 is 0 Å². The summed E-state index contributed by atoms with van der Waals surface area (Å²) < 4.78 is 2.82. The third-order valence-corrected chi connectivity index (χ3v) is 6.47. The van der Waals surface area contributed by atoms with Crippen molar-refractivity contribution >= 4 is 28.1 Å². The van der Waals surface area contributed by atoms with Crippen LogP contribution in [0, 0.1) is 0 Å². The summed E-state index contributed by atoms with van der Waals surface area (Å²) in [4.78, 5) is 0. The van der Waals surface area contributed by atoms with Gasteiger partial charge < -0.3 is 0 Å². The molecule has 0 aliphatic heterocycles. The van der Waals surface area contributed by atoms with Crippen LogP contribution in [-0.2, 0) is 10.8 Å². The van der Waals surface area contributed by atoms with E-state index < -0.39 is 20.9 Å². The number of aromatic hydroxyl groups is 1. The van der Waals surface area contributed by atoms with Gasteiger partial charge >= 0.3 is 145 Å². The van der Waals surface area contributed by atoms with Crippen LogP contribution in [0.3, 0.4) is 0 Å². The first-order valence-electron chi connectivity index (χ1n) is 7.70. The molecular weight excluding hydrogens is 384 g/mol. The second-order valence-corrected chi connectivity index (χ2v) is 11.1. The summed E-state index contributed by atoms with van der Waals surface area (Å²) in [5, 5.41) is 10.8. The van der Waals surface area contributed by atoms with Gasteiger partial charge in [-0.15, -0.1) is 0 Å². The Morgan fingerprint density at radius 1 is 0.727 bits per heavy atom. The van der Waals surface area contributed by atoms with Gasteiger partial charge in [0.05, 0.1) is 0 Å². The van der Waals surface area contributed by atoms with Gasteiger partial charge in [-0.2, -0.15) is 0 Å². The average Bonchev–Trinajstić information content (AvgIpc) is 2.39. The van der Waals surface area contributed by atoms with E-state index in [4.69, 9.17) is 0 Å². The van der Waals surface area contributed by atoms with Crippen molar-refractivity contribution in [1.29, 1.82) is 0 Å². The molecule has 0 heterocycles. The molecule has 0 fully saturated rings. The van der Waals surface area contributed by atoms with Crippen LogP contribution in [0.5, 0.6) is 5.75 Å². The molecule has 1 nitrogen and oxygen atoms in total. The van der Waals surface area contributed by atoms with E-state index in [9.17, 15) is 5.11 Å². The predicted molar refractivity (Wildman–Crippen MR) is 97.0 cm³/mol. The minimum absolute atomic E-state index is 0.0518. The van der Waals surface area contributed by atoms with E-state index in [0.29, 0.717) is 5.75 Å². The van der Waals surface area contributed by atoms with E-state index in [1.54, 1.807) is 0 Å². The summed E-state index contributed by atoms with van der Waals surface area (Å²) in [7, 11) is 0. The molecule has 2 aromatic rings. The van der Waals surface area contributed by atoms with Gasteiger partial charge in [0.2, 0.25) is 0 Å². The molecular formula is C20H26OTe. The molecule has 0 saturated heterocycles. The van der Waals surface area contributed by atoms with Crippen molar-refractivity contribution < 1.29 is 5.11 Å². The first-order chi connectivity index (χ1) is 10.1. The molecule has 0 aromatic heterocycles. The van der Waals surface area contributed by atoms with Crippen molar-refractivity contribution in [2.45, 2.75) is 52.4 Å². The number of phenols is 1. The van der Waals surface area contributed by atoms with Crippen LogP contribution in [0.2, 0.25) is 0 Å². The summed E-state index contributed by atoms with van der Waals surface area (Å²) in [5.41, 5.74) is 2.03. The van der Waals surface area contributed by atoms with Gasteiger partial charge in [0.25, 0.3) is 0 Å². The number of hydrogen-bond donors (Lipinski definition) is 1. The van der Waals surface area contributed by atoms with Gasteiger partial charge in [0.15, 0.2) is 0 Å². The summed E-state index contributed by atoms with van der Waals surface area (Å²) in [6, 6.07) is 15.1. The van der Waals surface area contributed by atoms with Crippen molar-refractivity contribution in [2.24, 2.45) is 0 Å². The van der Waals surface area contributed by atoms with E-state index in [2.05, 4.69) is 84.0 Å². The van der Waals surface area contributed by atoms with Gasteiger partial charge in [-0.25, -0.2) is 0 Å². The standard InChI is InChI=1S/C20H26OTe/c1-19(2,3)16-12-15(22-14-10-8-7-9-11-14)13-17(18(16)21)20(4,5)6/h7-13,21H,1-6H3. The van der Waals surface area contributed by atoms with Crippen molar-refractivity contribution in [3.8, 4) is 5.75 Å². The molecule has 22 heavy (non-hydrogen) atoms. The fraction of sp³-hybridized carbons (Fsp3) is 0.400. The molecule has 1 N–H and O–H groups in total. The Bertz CT molecular complexity index is 611. The molecule has 0 spiro atoms. The molecule has 0 unspecified atom stereocenters. The molecule has 0 atom stereocenters. The number of hydrogen-bond acceptors (Lipinski definition) is 1. The minimum atomic E-state index is -0.429. The Hall–Kier alpha value is -0.970. The molecule has 0 bridgehead atoms. The van der Waals surface area contributed by atoms with Gasteiger partial charge in [-0.3, -0.25) is 0 Å². The summed E-state index contributed by atoms with van der Waals surface area (Å²) in [6.45, 7) is 13.0. The third kappa shape index (κ3) is 4.06. The quantitative estimate of drug-likeness (QED) is 0.751. The first-order valence-corrected chi connectivity index (χ1v) is 10.0. The third-order valence-electron chi connectivity index (χ3n) is 3.68. The van der Waals surface area contributed by atoms with Crippen LogP contribution < -0.4 is 7.22 Å². The second-order valence-electron chi connectivity index (χ2n) is 7.78. The topological polar surface area (TPSA) is 20.2 Å². The molecule has 0 saturated carbocycles. The first kappa shape index (κ1) is 17.4. The molecule has 0 amide bonds. The second kappa shape index (κ2) is 6.26. The maximum atomic E-state index is 10.8.